The maximum Gasteiger partial charge on any atom is 0.411 e. The molecule has 0 aromatic carbocycles. The van der Waals surface area contributed by atoms with E-state index in [1.165, 1.54) is 0 Å². The molecule has 9 nitrogen and oxygen atoms in total. The quantitative estimate of drug-likeness (QED) is 0.642. The molecule has 0 aromatic heterocycles. The third-order valence-electron chi connectivity index (χ3n) is 2.58. The molecule has 140 valence electrons. The number of nitrogens with two attached hydrogens (primary N) is 2. The average molecular weight is 346 g/mol. The predicted octanol–water partition coefficient (Wildman–Crippen LogP) is 0.561. The summed E-state index contributed by atoms with van der Waals surface area (Å²) in [5, 5.41) is 2.50. The third-order valence-corrected chi connectivity index (χ3v) is 2.58. The Bertz CT molecular complexity index is 454. The molecule has 0 heterocycles. The van der Waals surface area contributed by atoms with Crippen molar-refractivity contribution >= 4 is 18.1 Å². The minimum Gasteiger partial charge on any atom is -0.444 e. The van der Waals surface area contributed by atoms with Crippen molar-refractivity contribution in [3.05, 3.63) is 0 Å². The van der Waals surface area contributed by atoms with E-state index >= 15 is 0 Å². The SMILES string of the molecule is CC(C)(C)OC(=O)NCCN(C(=O)OC(C)(C)C)[C@@H](CN)C(N)=O. The average Bonchev–Trinajstić information content (AvgIpc) is 2.32. The molecule has 0 bridgehead atoms. The highest BCUT2D eigenvalue weighted by molar-refractivity contribution is 5.84. The molecule has 0 fully saturated rings. The van der Waals surface area contributed by atoms with Gasteiger partial charge in [0.1, 0.15) is 17.2 Å². The summed E-state index contributed by atoms with van der Waals surface area (Å²) in [5.74, 6) is -0.749. The van der Waals surface area contributed by atoms with Crippen LogP contribution in [0.2, 0.25) is 0 Å². The summed E-state index contributed by atoms with van der Waals surface area (Å²) in [7, 11) is 0. The first-order chi connectivity index (χ1) is 10.8. The fourth-order valence-corrected chi connectivity index (χ4v) is 1.68. The van der Waals surface area contributed by atoms with Crippen molar-refractivity contribution in [2.24, 2.45) is 11.5 Å². The number of nitrogens with one attached hydrogen (secondary N) is 1. The zero-order valence-electron chi connectivity index (χ0n) is 15.3. The molecule has 0 aromatic rings. The van der Waals surface area contributed by atoms with Crippen molar-refractivity contribution in [1.29, 1.82) is 0 Å². The number of alkyl carbamates (subject to hydrolysis) is 1. The molecule has 5 N–H and O–H groups in total. The lowest BCUT2D eigenvalue weighted by Crippen LogP contribution is -2.55. The molecule has 0 rings (SSSR count). The van der Waals surface area contributed by atoms with Crippen LogP contribution in [0, 0.1) is 0 Å². The van der Waals surface area contributed by atoms with Gasteiger partial charge in [-0.05, 0) is 41.5 Å². The Morgan fingerprint density at radius 2 is 1.54 bits per heavy atom. The van der Waals surface area contributed by atoms with Crippen LogP contribution in [0.1, 0.15) is 41.5 Å². The predicted molar refractivity (Wildman–Crippen MR) is 89.2 cm³/mol. The molecule has 0 radical (unpaired) electrons. The second-order valence-electron chi connectivity index (χ2n) is 7.26. The van der Waals surface area contributed by atoms with Crippen molar-refractivity contribution in [3.8, 4) is 0 Å². The van der Waals surface area contributed by atoms with Gasteiger partial charge in [-0.25, -0.2) is 9.59 Å². The first-order valence-electron chi connectivity index (χ1n) is 7.72. The largest absolute Gasteiger partial charge is 0.444 e. The summed E-state index contributed by atoms with van der Waals surface area (Å²) in [4.78, 5) is 36.5. The highest BCUT2D eigenvalue weighted by atomic mass is 16.6. The molecular formula is C15H30N4O5. The molecule has 0 aliphatic rings. The van der Waals surface area contributed by atoms with Gasteiger partial charge in [0, 0.05) is 19.6 Å². The van der Waals surface area contributed by atoms with Crippen LogP contribution < -0.4 is 16.8 Å². The monoisotopic (exact) mass is 346 g/mol. The standard InChI is InChI=1S/C15H30N4O5/c1-14(2,3)23-12(21)18-7-8-19(10(9-16)11(17)20)13(22)24-15(4,5)6/h10H,7-9,16H2,1-6H3,(H2,17,20)(H,18,21)/t10-/m0/s1. The highest BCUT2D eigenvalue weighted by Crippen LogP contribution is 2.12. The minimum atomic E-state index is -1.03. The fourth-order valence-electron chi connectivity index (χ4n) is 1.68. The van der Waals surface area contributed by atoms with E-state index in [1.54, 1.807) is 41.5 Å². The Morgan fingerprint density at radius 1 is 1.04 bits per heavy atom. The van der Waals surface area contributed by atoms with Crippen molar-refractivity contribution in [2.75, 3.05) is 19.6 Å². The van der Waals surface area contributed by atoms with Crippen molar-refractivity contribution in [3.63, 3.8) is 0 Å². The van der Waals surface area contributed by atoms with Gasteiger partial charge in [-0.2, -0.15) is 0 Å². The summed E-state index contributed by atoms with van der Waals surface area (Å²) < 4.78 is 10.3. The first-order valence-corrected chi connectivity index (χ1v) is 7.72. The molecule has 0 spiro atoms. The van der Waals surface area contributed by atoms with Crippen molar-refractivity contribution in [1.82, 2.24) is 10.2 Å². The van der Waals surface area contributed by atoms with E-state index in [2.05, 4.69) is 5.32 Å². The second-order valence-corrected chi connectivity index (χ2v) is 7.26. The Hall–Kier alpha value is -2.03. The van der Waals surface area contributed by atoms with Gasteiger partial charge in [-0.3, -0.25) is 9.69 Å². The first kappa shape index (κ1) is 22.0. The van der Waals surface area contributed by atoms with E-state index in [4.69, 9.17) is 20.9 Å². The molecule has 0 aliphatic carbocycles. The molecule has 0 aliphatic heterocycles. The molecular weight excluding hydrogens is 316 g/mol. The third kappa shape index (κ3) is 9.19. The summed E-state index contributed by atoms with van der Waals surface area (Å²) in [5.41, 5.74) is 9.43. The van der Waals surface area contributed by atoms with Crippen LogP contribution in [0.15, 0.2) is 0 Å². The number of primary amides is 1. The summed E-state index contributed by atoms with van der Waals surface area (Å²) in [6.45, 7) is 10.2. The fraction of sp³-hybridized carbons (Fsp3) is 0.800. The summed E-state index contributed by atoms with van der Waals surface area (Å²) in [6, 6.07) is -1.03. The second kappa shape index (κ2) is 8.72. The lowest BCUT2D eigenvalue weighted by Gasteiger charge is -2.31. The minimum absolute atomic E-state index is 0.00103. The van der Waals surface area contributed by atoms with Crippen LogP contribution in [-0.4, -0.2) is 59.9 Å². The Labute approximate surface area is 143 Å². The number of ether oxygens (including phenoxy) is 2. The van der Waals surface area contributed by atoms with Crippen LogP contribution in [0.3, 0.4) is 0 Å². The maximum absolute atomic E-state index is 12.3. The number of hydrogen-bond donors (Lipinski definition) is 3. The molecule has 0 saturated heterocycles. The summed E-state index contributed by atoms with van der Waals surface area (Å²) in [6.07, 6.45) is -1.36. The Balaban J connectivity index is 4.87. The molecule has 0 unspecified atom stereocenters. The van der Waals surface area contributed by atoms with Gasteiger partial charge >= 0.3 is 12.2 Å². The number of carbonyl (C=O) groups is 3. The molecule has 9 heteroatoms. The van der Waals surface area contributed by atoms with Crippen LogP contribution in [-0.2, 0) is 14.3 Å². The Morgan fingerprint density at radius 3 is 1.92 bits per heavy atom. The van der Waals surface area contributed by atoms with E-state index < -0.39 is 35.3 Å². The lowest BCUT2D eigenvalue weighted by atomic mass is 10.2. The van der Waals surface area contributed by atoms with Gasteiger partial charge in [0.15, 0.2) is 0 Å². The highest BCUT2D eigenvalue weighted by Gasteiger charge is 2.30. The number of rotatable bonds is 6. The van der Waals surface area contributed by atoms with Gasteiger partial charge in [0.25, 0.3) is 0 Å². The molecule has 0 saturated carbocycles. The molecule has 1 atom stereocenters. The van der Waals surface area contributed by atoms with Crippen LogP contribution in [0.25, 0.3) is 0 Å². The van der Waals surface area contributed by atoms with Gasteiger partial charge < -0.3 is 26.3 Å². The zero-order valence-corrected chi connectivity index (χ0v) is 15.3. The van der Waals surface area contributed by atoms with Crippen LogP contribution in [0.4, 0.5) is 9.59 Å². The van der Waals surface area contributed by atoms with E-state index in [0.29, 0.717) is 0 Å². The van der Waals surface area contributed by atoms with Crippen LogP contribution in [0.5, 0.6) is 0 Å². The smallest absolute Gasteiger partial charge is 0.411 e. The van der Waals surface area contributed by atoms with E-state index in [-0.39, 0.29) is 19.6 Å². The van der Waals surface area contributed by atoms with E-state index in [1.807, 2.05) is 0 Å². The van der Waals surface area contributed by atoms with Gasteiger partial charge in [-0.1, -0.05) is 0 Å². The van der Waals surface area contributed by atoms with Crippen molar-refractivity contribution in [2.45, 2.75) is 58.8 Å². The number of hydrogen-bond acceptors (Lipinski definition) is 6. The van der Waals surface area contributed by atoms with E-state index in [9.17, 15) is 14.4 Å². The van der Waals surface area contributed by atoms with Gasteiger partial charge in [0.05, 0.1) is 0 Å². The van der Waals surface area contributed by atoms with E-state index in [0.717, 1.165) is 4.90 Å². The van der Waals surface area contributed by atoms with Gasteiger partial charge in [-0.15, -0.1) is 0 Å². The number of nitrogens with zero attached hydrogens (tertiary/aromatic N) is 1. The topological polar surface area (TPSA) is 137 Å². The summed E-state index contributed by atoms with van der Waals surface area (Å²) >= 11 is 0. The maximum atomic E-state index is 12.3. The Kier molecular flexibility index (Phi) is 7.98. The zero-order chi connectivity index (χ0) is 19.1. The number of carbonyl (C=O) groups excluding carboxylic acids is 3. The molecule has 3 amide bonds. The molecule has 24 heavy (non-hydrogen) atoms. The van der Waals surface area contributed by atoms with Crippen LogP contribution >= 0.6 is 0 Å². The normalized spacial score (nSPS) is 13.0. The van der Waals surface area contributed by atoms with Crippen molar-refractivity contribution < 1.29 is 23.9 Å². The number of amides is 3. The van der Waals surface area contributed by atoms with Gasteiger partial charge in [0.2, 0.25) is 5.91 Å². The lowest BCUT2D eigenvalue weighted by molar-refractivity contribution is -0.122.